The molecule has 1 amide bonds. The number of carbonyl (C=O) groups is 1. The summed E-state index contributed by atoms with van der Waals surface area (Å²) in [5, 5.41) is 10.8. The molecule has 174 valence electrons. The average Bonchev–Trinajstić information content (AvgIpc) is 3.23. The summed E-state index contributed by atoms with van der Waals surface area (Å²) < 4.78 is 53.7. The van der Waals surface area contributed by atoms with Crippen LogP contribution < -0.4 is 10.9 Å². The number of alkyl halides is 3. The largest absolute Gasteiger partial charge is 0.417 e. The third-order valence-corrected chi connectivity index (χ3v) is 5.52. The molecule has 0 aliphatic rings. The number of benzene rings is 2. The highest BCUT2D eigenvalue weighted by Crippen LogP contribution is 2.30. The summed E-state index contributed by atoms with van der Waals surface area (Å²) >= 11 is 0.972. The molecule has 0 bridgehead atoms. The van der Waals surface area contributed by atoms with Gasteiger partial charge in [-0.05, 0) is 42.5 Å². The minimum Gasteiger partial charge on any atom is -0.327 e. The van der Waals surface area contributed by atoms with Crippen molar-refractivity contribution in [2.24, 2.45) is 0 Å². The van der Waals surface area contributed by atoms with Gasteiger partial charge in [-0.1, -0.05) is 30.0 Å². The van der Waals surface area contributed by atoms with E-state index in [9.17, 15) is 27.2 Å². The maximum atomic E-state index is 13.4. The quantitative estimate of drug-likeness (QED) is 0.307. The Morgan fingerprint density at radius 2 is 1.76 bits per heavy atom. The lowest BCUT2D eigenvalue weighted by atomic mass is 10.2. The number of rotatable bonds is 6. The van der Waals surface area contributed by atoms with Gasteiger partial charge in [-0.25, -0.2) is 4.39 Å². The number of para-hydroxylation sites is 1. The van der Waals surface area contributed by atoms with Gasteiger partial charge >= 0.3 is 6.18 Å². The van der Waals surface area contributed by atoms with Crippen LogP contribution in [0, 0.1) is 5.82 Å². The number of aromatic nitrogens is 4. The van der Waals surface area contributed by atoms with Crippen molar-refractivity contribution in [1.29, 1.82) is 0 Å². The predicted molar refractivity (Wildman–Crippen MR) is 118 cm³/mol. The van der Waals surface area contributed by atoms with Crippen LogP contribution >= 0.6 is 11.8 Å². The molecular formula is C22H15F4N5O2S. The van der Waals surface area contributed by atoms with E-state index in [1.165, 1.54) is 12.1 Å². The zero-order valence-corrected chi connectivity index (χ0v) is 18.0. The Kier molecular flexibility index (Phi) is 6.50. The molecule has 0 spiro atoms. The molecule has 7 nitrogen and oxygen atoms in total. The number of hydrogen-bond acceptors (Lipinski definition) is 5. The van der Waals surface area contributed by atoms with Gasteiger partial charge in [-0.2, -0.15) is 13.2 Å². The van der Waals surface area contributed by atoms with Crippen LogP contribution in [0.4, 0.5) is 23.2 Å². The molecule has 4 aromatic rings. The van der Waals surface area contributed by atoms with E-state index in [1.54, 1.807) is 41.0 Å². The lowest BCUT2D eigenvalue weighted by molar-refractivity contribution is -0.137. The van der Waals surface area contributed by atoms with Crippen molar-refractivity contribution in [3.63, 3.8) is 0 Å². The zero-order chi connectivity index (χ0) is 24.3. The first kappa shape index (κ1) is 23.2. The SMILES string of the molecule is O=C(CSc1nnc(-c2ccc(F)cc2)n1-c1ccccc1)Nc1cc(C(F)(F)F)c[nH]c1=O. The number of nitrogens with one attached hydrogen (secondary N) is 2. The topological polar surface area (TPSA) is 92.7 Å². The summed E-state index contributed by atoms with van der Waals surface area (Å²) in [7, 11) is 0. The molecule has 12 heteroatoms. The molecule has 2 N–H and O–H groups in total. The average molecular weight is 489 g/mol. The lowest BCUT2D eigenvalue weighted by Crippen LogP contribution is -2.22. The second-order valence-electron chi connectivity index (χ2n) is 6.95. The van der Waals surface area contributed by atoms with E-state index in [-0.39, 0.29) is 5.75 Å². The molecule has 2 aromatic heterocycles. The molecule has 0 fully saturated rings. The van der Waals surface area contributed by atoms with Gasteiger partial charge in [-0.15, -0.1) is 10.2 Å². The molecule has 0 saturated carbocycles. The van der Waals surface area contributed by atoms with E-state index in [0.29, 0.717) is 34.5 Å². The maximum absolute atomic E-state index is 13.4. The van der Waals surface area contributed by atoms with E-state index in [4.69, 9.17) is 0 Å². The first-order valence-corrected chi connectivity index (χ1v) is 10.7. The summed E-state index contributed by atoms with van der Waals surface area (Å²) in [5.74, 6) is -0.973. The van der Waals surface area contributed by atoms with Crippen LogP contribution in [-0.4, -0.2) is 31.4 Å². The number of amides is 1. The summed E-state index contributed by atoms with van der Waals surface area (Å²) in [6.07, 6.45) is -4.15. The van der Waals surface area contributed by atoms with Crippen molar-refractivity contribution in [3.05, 3.63) is 88.6 Å². The number of carbonyl (C=O) groups excluding carboxylic acids is 1. The fraction of sp³-hybridized carbons (Fsp3) is 0.0909. The van der Waals surface area contributed by atoms with Crippen LogP contribution in [0.25, 0.3) is 17.1 Å². The second kappa shape index (κ2) is 9.51. The molecule has 0 radical (unpaired) electrons. The number of halogens is 4. The van der Waals surface area contributed by atoms with Gasteiger partial charge in [0.2, 0.25) is 5.91 Å². The van der Waals surface area contributed by atoms with E-state index >= 15 is 0 Å². The highest BCUT2D eigenvalue weighted by Gasteiger charge is 2.31. The van der Waals surface area contributed by atoms with E-state index in [1.807, 2.05) is 11.1 Å². The first-order valence-electron chi connectivity index (χ1n) is 9.72. The van der Waals surface area contributed by atoms with Crippen molar-refractivity contribution in [2.75, 3.05) is 11.1 Å². The van der Waals surface area contributed by atoms with Crippen LogP contribution in [-0.2, 0) is 11.0 Å². The van der Waals surface area contributed by atoms with Gasteiger partial charge in [0.05, 0.1) is 11.3 Å². The van der Waals surface area contributed by atoms with Crippen molar-refractivity contribution >= 4 is 23.4 Å². The van der Waals surface area contributed by atoms with Gasteiger partial charge < -0.3 is 10.3 Å². The number of aromatic amines is 1. The number of hydrogen-bond donors (Lipinski definition) is 2. The number of H-pyrrole nitrogens is 1. The third-order valence-electron chi connectivity index (χ3n) is 4.59. The molecule has 4 rings (SSSR count). The zero-order valence-electron chi connectivity index (χ0n) is 17.1. The number of thioether (sulfide) groups is 1. The molecule has 0 aliphatic heterocycles. The fourth-order valence-electron chi connectivity index (χ4n) is 3.02. The molecule has 2 aromatic carbocycles. The van der Waals surface area contributed by atoms with Crippen LogP contribution in [0.2, 0.25) is 0 Å². The Morgan fingerprint density at radius 3 is 2.44 bits per heavy atom. The van der Waals surface area contributed by atoms with Crippen molar-refractivity contribution < 1.29 is 22.4 Å². The summed E-state index contributed by atoms with van der Waals surface area (Å²) in [6, 6.07) is 15.2. The van der Waals surface area contributed by atoms with Crippen LogP contribution in [0.5, 0.6) is 0 Å². The van der Waals surface area contributed by atoms with E-state index in [0.717, 1.165) is 11.8 Å². The molecule has 0 saturated heterocycles. The number of anilines is 1. The Labute approximate surface area is 193 Å². The van der Waals surface area contributed by atoms with E-state index < -0.39 is 34.7 Å². The highest BCUT2D eigenvalue weighted by atomic mass is 32.2. The Hall–Kier alpha value is -3.93. The normalized spacial score (nSPS) is 11.4. The van der Waals surface area contributed by atoms with Gasteiger partial charge in [0.15, 0.2) is 11.0 Å². The minimum atomic E-state index is -4.68. The fourth-order valence-corrected chi connectivity index (χ4v) is 3.77. The molecule has 34 heavy (non-hydrogen) atoms. The van der Waals surface area contributed by atoms with Crippen LogP contribution in [0.1, 0.15) is 5.56 Å². The molecule has 2 heterocycles. The van der Waals surface area contributed by atoms with Crippen molar-refractivity contribution in [2.45, 2.75) is 11.3 Å². The molecular weight excluding hydrogens is 474 g/mol. The first-order chi connectivity index (χ1) is 16.2. The van der Waals surface area contributed by atoms with E-state index in [2.05, 4.69) is 15.5 Å². The Balaban J connectivity index is 1.57. The monoisotopic (exact) mass is 489 g/mol. The Morgan fingerprint density at radius 1 is 1.06 bits per heavy atom. The van der Waals surface area contributed by atoms with Crippen molar-refractivity contribution in [3.8, 4) is 17.1 Å². The standard InChI is InChI=1S/C22H15F4N5O2S/c23-15-8-6-13(7-9-15)19-29-30-21(31(19)16-4-2-1-3-5-16)34-12-18(32)28-17-10-14(22(24,25)26)11-27-20(17)33/h1-11H,12H2,(H,27,33)(H,28,32). The van der Waals surface area contributed by atoms with Crippen molar-refractivity contribution in [1.82, 2.24) is 19.7 Å². The van der Waals surface area contributed by atoms with Gasteiger partial charge in [0, 0.05) is 17.4 Å². The third kappa shape index (κ3) is 5.17. The summed E-state index contributed by atoms with van der Waals surface area (Å²) in [6.45, 7) is 0. The predicted octanol–water partition coefficient (Wildman–Crippen LogP) is 4.51. The molecule has 0 atom stereocenters. The molecule has 0 unspecified atom stereocenters. The van der Waals surface area contributed by atoms with Crippen LogP contribution in [0.3, 0.4) is 0 Å². The minimum absolute atomic E-state index is 0.260. The second-order valence-corrected chi connectivity index (χ2v) is 7.89. The van der Waals surface area contributed by atoms with Gasteiger partial charge in [0.25, 0.3) is 5.56 Å². The Bertz CT molecular complexity index is 1370. The summed E-state index contributed by atoms with van der Waals surface area (Å²) in [5.41, 5.74) is -1.20. The number of pyridine rings is 1. The van der Waals surface area contributed by atoms with Gasteiger partial charge in [0.1, 0.15) is 11.5 Å². The smallest absolute Gasteiger partial charge is 0.327 e. The lowest BCUT2D eigenvalue weighted by Gasteiger charge is -2.11. The van der Waals surface area contributed by atoms with Crippen LogP contribution in [0.15, 0.2) is 76.8 Å². The molecule has 0 aliphatic carbocycles. The number of nitrogens with zero attached hydrogens (tertiary/aromatic N) is 3. The maximum Gasteiger partial charge on any atom is 0.417 e. The summed E-state index contributed by atoms with van der Waals surface area (Å²) in [4.78, 5) is 26.2. The van der Waals surface area contributed by atoms with Gasteiger partial charge in [-0.3, -0.25) is 14.2 Å². The highest BCUT2D eigenvalue weighted by molar-refractivity contribution is 7.99.